The number of aromatic carboxylic acids is 1. The van der Waals surface area contributed by atoms with Crippen molar-refractivity contribution in [3.05, 3.63) is 47.8 Å². The Labute approximate surface area is 111 Å². The predicted molar refractivity (Wildman–Crippen MR) is 70.5 cm³/mol. The lowest BCUT2D eigenvalue weighted by Gasteiger charge is -2.06. The number of rotatable bonds is 5. The zero-order valence-electron chi connectivity index (χ0n) is 10.9. The Kier molecular flexibility index (Phi) is 3.85. The van der Waals surface area contributed by atoms with Crippen molar-refractivity contribution >= 4 is 5.97 Å². The van der Waals surface area contributed by atoms with E-state index in [0.717, 1.165) is 5.56 Å². The molecule has 19 heavy (non-hydrogen) atoms. The van der Waals surface area contributed by atoms with E-state index < -0.39 is 5.97 Å². The van der Waals surface area contributed by atoms with Gasteiger partial charge in [0.15, 0.2) is 5.75 Å². The number of aromatic nitrogens is 2. The maximum Gasteiger partial charge on any atom is 0.335 e. The van der Waals surface area contributed by atoms with Gasteiger partial charge < -0.3 is 9.84 Å². The molecule has 0 radical (unpaired) electrons. The molecule has 0 saturated heterocycles. The van der Waals surface area contributed by atoms with Crippen molar-refractivity contribution in [3.63, 3.8) is 0 Å². The normalized spacial score (nSPS) is 10.7. The molecule has 5 heteroatoms. The Bertz CT molecular complexity index is 576. The smallest absolute Gasteiger partial charge is 0.335 e. The Hall–Kier alpha value is -2.30. The summed E-state index contributed by atoms with van der Waals surface area (Å²) < 4.78 is 7.24. The van der Waals surface area contributed by atoms with Gasteiger partial charge >= 0.3 is 5.97 Å². The molecule has 2 rings (SSSR count). The molecule has 0 unspecified atom stereocenters. The SMILES string of the molecule is CC(C)Oc1cnn(Cc2cccc(C(=O)O)c2)c1. The van der Waals surface area contributed by atoms with Crippen LogP contribution in [0, 0.1) is 0 Å². The number of nitrogens with zero attached hydrogens (tertiary/aromatic N) is 2. The summed E-state index contributed by atoms with van der Waals surface area (Å²) in [6.45, 7) is 4.42. The fourth-order valence-electron chi connectivity index (χ4n) is 1.75. The fraction of sp³-hybridized carbons (Fsp3) is 0.286. The van der Waals surface area contributed by atoms with Crippen LogP contribution in [0.4, 0.5) is 0 Å². The standard InChI is InChI=1S/C14H16N2O3/c1-10(2)19-13-7-15-16(9-13)8-11-4-3-5-12(6-11)14(17)18/h3-7,9-10H,8H2,1-2H3,(H,17,18). The first-order chi connectivity index (χ1) is 9.04. The summed E-state index contributed by atoms with van der Waals surface area (Å²) in [6, 6.07) is 6.82. The van der Waals surface area contributed by atoms with Crippen LogP contribution in [0.3, 0.4) is 0 Å². The molecule has 0 amide bonds. The Morgan fingerprint density at radius 2 is 2.26 bits per heavy atom. The monoisotopic (exact) mass is 260 g/mol. The van der Waals surface area contributed by atoms with Crippen molar-refractivity contribution in [1.82, 2.24) is 9.78 Å². The fourth-order valence-corrected chi connectivity index (χ4v) is 1.75. The minimum absolute atomic E-state index is 0.105. The van der Waals surface area contributed by atoms with Gasteiger partial charge in [0.1, 0.15) is 0 Å². The quantitative estimate of drug-likeness (QED) is 0.896. The van der Waals surface area contributed by atoms with Gasteiger partial charge in [-0.2, -0.15) is 5.10 Å². The molecule has 0 fully saturated rings. The van der Waals surface area contributed by atoms with E-state index in [1.54, 1.807) is 35.3 Å². The van der Waals surface area contributed by atoms with Crippen LogP contribution in [0.5, 0.6) is 5.75 Å². The van der Waals surface area contributed by atoms with E-state index in [9.17, 15) is 4.79 Å². The lowest BCUT2D eigenvalue weighted by molar-refractivity contribution is 0.0696. The van der Waals surface area contributed by atoms with Gasteiger partial charge in [-0.15, -0.1) is 0 Å². The molecule has 0 aliphatic rings. The molecule has 0 atom stereocenters. The van der Waals surface area contributed by atoms with Gasteiger partial charge in [-0.25, -0.2) is 4.79 Å². The van der Waals surface area contributed by atoms with E-state index in [0.29, 0.717) is 12.3 Å². The Morgan fingerprint density at radius 1 is 1.47 bits per heavy atom. The van der Waals surface area contributed by atoms with Gasteiger partial charge in [-0.3, -0.25) is 4.68 Å². The van der Waals surface area contributed by atoms with Crippen molar-refractivity contribution in [2.24, 2.45) is 0 Å². The number of carboxylic acids is 1. The number of ether oxygens (including phenoxy) is 1. The van der Waals surface area contributed by atoms with Gasteiger partial charge in [-0.05, 0) is 31.5 Å². The first-order valence-corrected chi connectivity index (χ1v) is 6.06. The van der Waals surface area contributed by atoms with Crippen LogP contribution in [-0.4, -0.2) is 27.0 Å². The summed E-state index contributed by atoms with van der Waals surface area (Å²) in [6.07, 6.45) is 3.56. The lowest BCUT2D eigenvalue weighted by atomic mass is 10.1. The van der Waals surface area contributed by atoms with Gasteiger partial charge in [-0.1, -0.05) is 12.1 Å². The average Bonchev–Trinajstić information content (AvgIpc) is 2.76. The maximum absolute atomic E-state index is 10.9. The van der Waals surface area contributed by atoms with E-state index >= 15 is 0 Å². The van der Waals surface area contributed by atoms with Crippen molar-refractivity contribution in [2.45, 2.75) is 26.5 Å². The molecule has 1 N–H and O–H groups in total. The highest BCUT2D eigenvalue weighted by molar-refractivity contribution is 5.87. The van der Waals surface area contributed by atoms with E-state index in [1.807, 2.05) is 19.9 Å². The maximum atomic E-state index is 10.9. The zero-order valence-corrected chi connectivity index (χ0v) is 10.9. The van der Waals surface area contributed by atoms with Crippen molar-refractivity contribution in [1.29, 1.82) is 0 Å². The second-order valence-corrected chi connectivity index (χ2v) is 4.55. The Morgan fingerprint density at radius 3 is 2.95 bits per heavy atom. The third-order valence-electron chi connectivity index (χ3n) is 2.50. The minimum Gasteiger partial charge on any atom is -0.488 e. The molecular weight excluding hydrogens is 244 g/mol. The van der Waals surface area contributed by atoms with E-state index in [4.69, 9.17) is 9.84 Å². The highest BCUT2D eigenvalue weighted by Crippen LogP contribution is 2.13. The highest BCUT2D eigenvalue weighted by atomic mass is 16.5. The van der Waals surface area contributed by atoms with Crippen LogP contribution in [0.25, 0.3) is 0 Å². The van der Waals surface area contributed by atoms with Crippen LogP contribution in [0.15, 0.2) is 36.7 Å². The number of hydrogen-bond donors (Lipinski definition) is 1. The molecule has 1 aromatic carbocycles. The van der Waals surface area contributed by atoms with Gasteiger partial charge in [0.05, 0.1) is 30.6 Å². The minimum atomic E-state index is -0.925. The molecule has 2 aromatic rings. The van der Waals surface area contributed by atoms with Crippen LogP contribution in [0.1, 0.15) is 29.8 Å². The van der Waals surface area contributed by atoms with E-state index in [-0.39, 0.29) is 11.7 Å². The number of hydrogen-bond acceptors (Lipinski definition) is 3. The summed E-state index contributed by atoms with van der Waals surface area (Å²) in [4.78, 5) is 10.9. The summed E-state index contributed by atoms with van der Waals surface area (Å²) in [5, 5.41) is 13.1. The van der Waals surface area contributed by atoms with E-state index in [2.05, 4.69) is 5.10 Å². The van der Waals surface area contributed by atoms with Crippen LogP contribution in [0.2, 0.25) is 0 Å². The van der Waals surface area contributed by atoms with Gasteiger partial charge in [0.2, 0.25) is 0 Å². The first-order valence-electron chi connectivity index (χ1n) is 6.06. The lowest BCUT2D eigenvalue weighted by Crippen LogP contribution is -2.05. The molecule has 0 saturated carbocycles. The molecule has 0 aliphatic heterocycles. The van der Waals surface area contributed by atoms with Crippen molar-refractivity contribution in [2.75, 3.05) is 0 Å². The zero-order chi connectivity index (χ0) is 13.8. The summed E-state index contributed by atoms with van der Waals surface area (Å²) in [5.74, 6) is -0.212. The average molecular weight is 260 g/mol. The van der Waals surface area contributed by atoms with Crippen molar-refractivity contribution < 1.29 is 14.6 Å². The number of carboxylic acid groups (broad SMARTS) is 1. The predicted octanol–water partition coefficient (Wildman–Crippen LogP) is 2.42. The second kappa shape index (κ2) is 5.56. The number of benzene rings is 1. The summed E-state index contributed by atoms with van der Waals surface area (Å²) in [7, 11) is 0. The molecular formula is C14H16N2O3. The van der Waals surface area contributed by atoms with Crippen LogP contribution >= 0.6 is 0 Å². The molecule has 0 bridgehead atoms. The largest absolute Gasteiger partial charge is 0.488 e. The molecule has 5 nitrogen and oxygen atoms in total. The van der Waals surface area contributed by atoms with Crippen LogP contribution < -0.4 is 4.74 Å². The number of carbonyl (C=O) groups is 1. The van der Waals surface area contributed by atoms with E-state index in [1.165, 1.54) is 0 Å². The third kappa shape index (κ3) is 3.58. The molecule has 1 aromatic heterocycles. The third-order valence-corrected chi connectivity index (χ3v) is 2.50. The molecule has 0 spiro atoms. The molecule has 1 heterocycles. The topological polar surface area (TPSA) is 64.4 Å². The molecule has 0 aliphatic carbocycles. The van der Waals surface area contributed by atoms with Crippen molar-refractivity contribution in [3.8, 4) is 5.75 Å². The molecule has 100 valence electrons. The van der Waals surface area contributed by atoms with Crippen LogP contribution in [-0.2, 0) is 6.54 Å². The Balaban J connectivity index is 2.10. The summed E-state index contributed by atoms with van der Waals surface area (Å²) >= 11 is 0. The second-order valence-electron chi connectivity index (χ2n) is 4.55. The highest BCUT2D eigenvalue weighted by Gasteiger charge is 2.05. The van der Waals surface area contributed by atoms with Gasteiger partial charge in [0, 0.05) is 0 Å². The van der Waals surface area contributed by atoms with Gasteiger partial charge in [0.25, 0.3) is 0 Å². The first kappa shape index (κ1) is 13.1. The summed E-state index contributed by atoms with van der Waals surface area (Å²) in [5.41, 5.74) is 1.17.